The number of aromatic nitrogens is 1. The van der Waals surface area contributed by atoms with Crippen molar-refractivity contribution in [3.63, 3.8) is 0 Å². The smallest absolute Gasteiger partial charge is 0.0559 e. The molecule has 148 valence electrons. The number of H-pyrrole nitrogens is 1. The number of fused-ring (bicyclic) bond motifs is 6. The van der Waals surface area contributed by atoms with Gasteiger partial charge in [0.2, 0.25) is 0 Å². The van der Waals surface area contributed by atoms with Crippen molar-refractivity contribution in [2.75, 3.05) is 0 Å². The molecule has 4 aromatic carbocycles. The molecule has 1 nitrogen and oxygen atoms in total. The van der Waals surface area contributed by atoms with Crippen LogP contribution in [0.25, 0.3) is 65.9 Å². The van der Waals surface area contributed by atoms with Crippen LogP contribution in [0.4, 0.5) is 0 Å². The average Bonchev–Trinajstić information content (AvgIpc) is 3.35. The van der Waals surface area contributed by atoms with Crippen LogP contribution in [0, 0.1) is 0 Å². The minimum atomic E-state index is 1.18. The van der Waals surface area contributed by atoms with Crippen molar-refractivity contribution >= 4 is 66.2 Å². The van der Waals surface area contributed by atoms with Gasteiger partial charge in [0.25, 0.3) is 0 Å². The second kappa shape index (κ2) is 6.97. The summed E-state index contributed by atoms with van der Waals surface area (Å²) in [6, 6.07) is 26.4. The summed E-state index contributed by atoms with van der Waals surface area (Å²) in [5.74, 6) is 0. The Morgan fingerprint density at radius 2 is 1.71 bits per heavy atom. The van der Waals surface area contributed by atoms with Crippen LogP contribution in [0.5, 0.6) is 0 Å². The number of rotatable bonds is 2. The quantitative estimate of drug-likeness (QED) is 0.310. The molecule has 0 aliphatic carbocycles. The Kier molecular flexibility index (Phi) is 4.09. The summed E-state index contributed by atoms with van der Waals surface area (Å²) in [4.78, 5) is 3.76. The van der Waals surface area contributed by atoms with Gasteiger partial charge >= 0.3 is 0 Å². The van der Waals surface area contributed by atoms with Gasteiger partial charge in [0, 0.05) is 30.9 Å². The second-order valence-corrected chi connectivity index (χ2v) is 8.93. The summed E-state index contributed by atoms with van der Waals surface area (Å²) in [7, 11) is 0. The molecule has 31 heavy (non-hydrogen) atoms. The Labute approximate surface area is 184 Å². The lowest BCUT2D eigenvalue weighted by Crippen LogP contribution is -2.17. The molecule has 0 saturated carbocycles. The molecule has 0 unspecified atom stereocenters. The Morgan fingerprint density at radius 1 is 0.871 bits per heavy atom. The maximum atomic E-state index is 3.89. The first-order valence-corrected chi connectivity index (χ1v) is 11.3. The summed E-state index contributed by atoms with van der Waals surface area (Å²) in [5, 5.41) is 7.69. The number of aromatic amines is 1. The maximum absolute atomic E-state index is 3.89. The van der Waals surface area contributed by atoms with Gasteiger partial charge in [0.05, 0.1) is 5.52 Å². The fourth-order valence-electron chi connectivity index (χ4n) is 4.77. The number of hydrogen-bond donors (Lipinski definition) is 1. The molecule has 0 atom stereocenters. The zero-order valence-corrected chi connectivity index (χ0v) is 18.1. The van der Waals surface area contributed by atoms with E-state index in [1.54, 1.807) is 0 Å². The van der Waals surface area contributed by atoms with Gasteiger partial charge in [-0.1, -0.05) is 79.4 Å². The molecule has 0 radical (unpaired) electrons. The Balaban J connectivity index is 1.67. The van der Waals surface area contributed by atoms with Gasteiger partial charge in [-0.15, -0.1) is 11.3 Å². The van der Waals surface area contributed by atoms with Gasteiger partial charge in [0.15, 0.2) is 0 Å². The molecule has 1 N–H and O–H groups in total. The second-order valence-electron chi connectivity index (χ2n) is 7.84. The van der Waals surface area contributed by atoms with Crippen molar-refractivity contribution in [3.05, 3.63) is 95.2 Å². The van der Waals surface area contributed by atoms with Gasteiger partial charge in [-0.3, -0.25) is 0 Å². The molecule has 0 saturated heterocycles. The van der Waals surface area contributed by atoms with Crippen molar-refractivity contribution in [2.24, 2.45) is 0 Å². The van der Waals surface area contributed by atoms with Crippen LogP contribution in [0.2, 0.25) is 0 Å². The van der Waals surface area contributed by atoms with E-state index in [1.165, 1.54) is 63.5 Å². The SMILES string of the molecule is C=C/C=c1/sc2ccc3c4ccc(-c5cccc6ccccc56)cc4[nH]c3c2/c1=C/C. The van der Waals surface area contributed by atoms with E-state index >= 15 is 0 Å². The lowest BCUT2D eigenvalue weighted by Gasteiger charge is -2.07. The van der Waals surface area contributed by atoms with Crippen LogP contribution in [-0.2, 0) is 0 Å². The molecule has 2 heteroatoms. The number of nitrogens with one attached hydrogen (secondary N) is 1. The standard InChI is InChI=1S/C29H21NS/c1-3-8-26-20(4-2)28-27(31-26)16-15-24-23-14-13-19(17-25(23)30-29(24)28)22-12-7-10-18-9-5-6-11-21(18)22/h3-17,30H,1H2,2H3/b20-4+,26-8+. The number of hydrogen-bond acceptors (Lipinski definition) is 1. The molecule has 6 aromatic rings. The van der Waals surface area contributed by atoms with E-state index in [0.717, 1.165) is 0 Å². The van der Waals surface area contributed by atoms with Gasteiger partial charge in [-0.2, -0.15) is 0 Å². The van der Waals surface area contributed by atoms with E-state index in [9.17, 15) is 0 Å². The number of benzene rings is 4. The summed E-state index contributed by atoms with van der Waals surface area (Å²) in [6.07, 6.45) is 6.18. The number of thiophene rings is 1. The number of allylic oxidation sites excluding steroid dienone is 1. The first kappa shape index (κ1) is 18.2. The molecular formula is C29H21NS. The third kappa shape index (κ3) is 2.69. The van der Waals surface area contributed by atoms with Crippen LogP contribution in [0.15, 0.2) is 85.5 Å². The third-order valence-electron chi connectivity index (χ3n) is 6.15. The molecular weight excluding hydrogens is 394 g/mol. The minimum absolute atomic E-state index is 1.18. The highest BCUT2D eigenvalue weighted by molar-refractivity contribution is 7.17. The fraction of sp³-hybridized carbons (Fsp3) is 0.0345. The Bertz CT molecular complexity index is 1760. The molecule has 0 amide bonds. The van der Waals surface area contributed by atoms with E-state index in [-0.39, 0.29) is 0 Å². The van der Waals surface area contributed by atoms with E-state index in [4.69, 9.17) is 0 Å². The van der Waals surface area contributed by atoms with Gasteiger partial charge < -0.3 is 4.98 Å². The highest BCUT2D eigenvalue weighted by Crippen LogP contribution is 2.35. The van der Waals surface area contributed by atoms with Gasteiger partial charge in [-0.25, -0.2) is 0 Å². The largest absolute Gasteiger partial charge is 0.354 e. The summed E-state index contributed by atoms with van der Waals surface area (Å²) < 4.78 is 2.56. The summed E-state index contributed by atoms with van der Waals surface area (Å²) in [5.41, 5.74) is 4.90. The normalized spacial score (nSPS) is 13.2. The van der Waals surface area contributed by atoms with Crippen molar-refractivity contribution in [2.45, 2.75) is 6.92 Å². The average molecular weight is 416 g/mol. The zero-order chi connectivity index (χ0) is 20.9. The molecule has 0 aliphatic heterocycles. The highest BCUT2D eigenvalue weighted by Gasteiger charge is 2.12. The van der Waals surface area contributed by atoms with E-state index in [2.05, 4.69) is 103 Å². The van der Waals surface area contributed by atoms with E-state index in [1.807, 2.05) is 17.4 Å². The van der Waals surface area contributed by atoms with Crippen LogP contribution < -0.4 is 9.75 Å². The predicted molar refractivity (Wildman–Crippen MR) is 138 cm³/mol. The van der Waals surface area contributed by atoms with Crippen molar-refractivity contribution in [1.82, 2.24) is 4.98 Å². The van der Waals surface area contributed by atoms with Gasteiger partial charge in [0.1, 0.15) is 0 Å². The molecule has 2 heterocycles. The van der Waals surface area contributed by atoms with Crippen LogP contribution in [0.3, 0.4) is 0 Å². The predicted octanol–water partition coefficient (Wildman–Crippen LogP) is 7.12. The molecule has 0 aliphatic rings. The fourth-order valence-corrected chi connectivity index (χ4v) is 5.95. The van der Waals surface area contributed by atoms with E-state index in [0.29, 0.717) is 0 Å². The van der Waals surface area contributed by atoms with Crippen molar-refractivity contribution < 1.29 is 0 Å². The summed E-state index contributed by atoms with van der Waals surface area (Å²) in [6.45, 7) is 6.00. The lowest BCUT2D eigenvalue weighted by molar-refractivity contribution is 1.56. The maximum Gasteiger partial charge on any atom is 0.0559 e. The summed E-state index contributed by atoms with van der Waals surface area (Å²) >= 11 is 1.82. The van der Waals surface area contributed by atoms with Gasteiger partial charge in [-0.05, 0) is 52.3 Å². The zero-order valence-electron chi connectivity index (χ0n) is 17.3. The molecule has 6 rings (SSSR count). The van der Waals surface area contributed by atoms with E-state index < -0.39 is 0 Å². The first-order valence-electron chi connectivity index (χ1n) is 10.5. The topological polar surface area (TPSA) is 15.8 Å². The minimum Gasteiger partial charge on any atom is -0.354 e. The molecule has 0 fully saturated rings. The van der Waals surface area contributed by atoms with Crippen LogP contribution in [0.1, 0.15) is 6.92 Å². The molecule has 2 aromatic heterocycles. The third-order valence-corrected chi connectivity index (χ3v) is 7.29. The van der Waals surface area contributed by atoms with Crippen molar-refractivity contribution in [3.8, 4) is 11.1 Å². The first-order chi connectivity index (χ1) is 15.3. The van der Waals surface area contributed by atoms with Crippen LogP contribution in [-0.4, -0.2) is 4.98 Å². The molecule has 0 bridgehead atoms. The Morgan fingerprint density at radius 3 is 2.58 bits per heavy atom. The Hall–Kier alpha value is -3.62. The molecule has 0 spiro atoms. The lowest BCUT2D eigenvalue weighted by atomic mass is 9.97. The van der Waals surface area contributed by atoms with Crippen LogP contribution >= 0.6 is 11.3 Å². The monoisotopic (exact) mass is 415 g/mol. The highest BCUT2D eigenvalue weighted by atomic mass is 32.1. The van der Waals surface area contributed by atoms with Crippen molar-refractivity contribution in [1.29, 1.82) is 0 Å².